The van der Waals surface area contributed by atoms with Crippen LogP contribution in [0.5, 0.6) is 0 Å². The third-order valence-electron chi connectivity index (χ3n) is 4.90. The normalized spacial score (nSPS) is 13.5. The predicted molar refractivity (Wildman–Crippen MR) is 119 cm³/mol. The maximum absolute atomic E-state index is 12.7. The monoisotopic (exact) mass is 448 g/mol. The Hall–Kier alpha value is -3.97. The molecule has 0 bridgehead atoms. The average Bonchev–Trinajstić information content (AvgIpc) is 3.05. The number of nitrogens with zero attached hydrogens (tertiary/aromatic N) is 1. The van der Waals surface area contributed by atoms with E-state index in [9.17, 15) is 19.2 Å². The van der Waals surface area contributed by atoms with Crippen molar-refractivity contribution >= 4 is 46.7 Å². The van der Waals surface area contributed by atoms with E-state index in [1.807, 2.05) is 0 Å². The van der Waals surface area contributed by atoms with Gasteiger partial charge in [-0.25, -0.2) is 9.69 Å². The van der Waals surface area contributed by atoms with Gasteiger partial charge in [-0.3, -0.25) is 14.4 Å². The molecule has 1 aliphatic rings. The van der Waals surface area contributed by atoms with Crippen LogP contribution in [0.3, 0.4) is 0 Å². The number of carbonyl (C=O) groups excluding carboxylic acids is 4. The van der Waals surface area contributed by atoms with Crippen LogP contribution in [-0.4, -0.2) is 29.8 Å². The fraction of sp³-hybridized carbons (Fsp3) is 0.0833. The summed E-state index contributed by atoms with van der Waals surface area (Å²) >= 11 is 5.82. The van der Waals surface area contributed by atoms with Crippen LogP contribution < -0.4 is 10.2 Å². The first-order valence-corrected chi connectivity index (χ1v) is 10.1. The molecule has 1 aliphatic heterocycles. The highest BCUT2D eigenvalue weighted by molar-refractivity contribution is 6.34. The van der Waals surface area contributed by atoms with Crippen molar-refractivity contribution in [1.29, 1.82) is 0 Å². The van der Waals surface area contributed by atoms with Crippen molar-refractivity contribution in [2.24, 2.45) is 0 Å². The SMILES string of the molecule is CC(OC(=O)c1cccc(N2C(=O)c3ccccc3C2=O)c1)C(=O)Nc1ccc(Cl)cc1. The van der Waals surface area contributed by atoms with Crippen molar-refractivity contribution in [1.82, 2.24) is 0 Å². The average molecular weight is 449 g/mol. The quantitative estimate of drug-likeness (QED) is 0.463. The number of ether oxygens (including phenoxy) is 1. The predicted octanol–water partition coefficient (Wildman–Crippen LogP) is 4.32. The van der Waals surface area contributed by atoms with Gasteiger partial charge in [0, 0.05) is 10.7 Å². The molecular formula is C24H17ClN2O5. The Morgan fingerprint density at radius 3 is 2.16 bits per heavy atom. The van der Waals surface area contributed by atoms with Gasteiger partial charge in [0.15, 0.2) is 6.10 Å². The molecule has 32 heavy (non-hydrogen) atoms. The maximum atomic E-state index is 12.7. The third-order valence-corrected chi connectivity index (χ3v) is 5.15. The van der Waals surface area contributed by atoms with Gasteiger partial charge >= 0.3 is 5.97 Å². The Morgan fingerprint density at radius 2 is 1.53 bits per heavy atom. The number of anilines is 2. The number of benzene rings is 3. The molecule has 1 atom stereocenters. The van der Waals surface area contributed by atoms with E-state index in [-0.39, 0.29) is 11.3 Å². The van der Waals surface area contributed by atoms with E-state index in [1.54, 1.807) is 54.6 Å². The molecule has 0 aliphatic carbocycles. The molecule has 0 fully saturated rings. The van der Waals surface area contributed by atoms with E-state index < -0.39 is 29.8 Å². The number of imide groups is 1. The maximum Gasteiger partial charge on any atom is 0.338 e. The molecule has 0 radical (unpaired) electrons. The van der Waals surface area contributed by atoms with Crippen LogP contribution in [0.15, 0.2) is 72.8 Å². The Balaban J connectivity index is 1.47. The lowest BCUT2D eigenvalue weighted by Crippen LogP contribution is -2.31. The van der Waals surface area contributed by atoms with Gasteiger partial charge in [0.25, 0.3) is 17.7 Å². The zero-order valence-electron chi connectivity index (χ0n) is 16.9. The number of hydrogen-bond acceptors (Lipinski definition) is 5. The number of esters is 1. The molecule has 0 spiro atoms. The molecule has 1 heterocycles. The summed E-state index contributed by atoms with van der Waals surface area (Å²) < 4.78 is 5.26. The minimum absolute atomic E-state index is 0.102. The molecule has 160 valence electrons. The number of carbonyl (C=O) groups is 4. The molecular weight excluding hydrogens is 432 g/mol. The number of hydrogen-bond donors (Lipinski definition) is 1. The fourth-order valence-corrected chi connectivity index (χ4v) is 3.38. The summed E-state index contributed by atoms with van der Waals surface area (Å²) in [6.45, 7) is 1.44. The molecule has 1 N–H and O–H groups in total. The second-order valence-corrected chi connectivity index (χ2v) is 7.52. The number of rotatable bonds is 5. The first-order chi connectivity index (χ1) is 15.3. The highest BCUT2D eigenvalue weighted by Crippen LogP contribution is 2.29. The molecule has 1 unspecified atom stereocenters. The number of nitrogens with one attached hydrogen (secondary N) is 1. The van der Waals surface area contributed by atoms with Crippen molar-refractivity contribution in [3.63, 3.8) is 0 Å². The van der Waals surface area contributed by atoms with Crippen LogP contribution >= 0.6 is 11.6 Å². The standard InChI is InChI=1S/C24H17ClN2O5/c1-14(21(28)26-17-11-9-16(25)10-12-17)32-24(31)15-5-4-6-18(13-15)27-22(29)19-7-2-3-8-20(19)23(27)30/h2-14H,1H3,(H,26,28). The fourth-order valence-electron chi connectivity index (χ4n) is 3.25. The van der Waals surface area contributed by atoms with Gasteiger partial charge < -0.3 is 10.1 Å². The Kier molecular flexibility index (Phi) is 5.75. The molecule has 3 aromatic carbocycles. The minimum Gasteiger partial charge on any atom is -0.449 e. The third kappa shape index (κ3) is 4.10. The van der Waals surface area contributed by atoms with E-state index in [0.717, 1.165) is 4.90 Å². The smallest absolute Gasteiger partial charge is 0.338 e. The molecule has 8 heteroatoms. The lowest BCUT2D eigenvalue weighted by molar-refractivity contribution is -0.123. The molecule has 0 aromatic heterocycles. The number of amides is 3. The van der Waals surface area contributed by atoms with E-state index in [1.165, 1.54) is 25.1 Å². The molecule has 3 amide bonds. The summed E-state index contributed by atoms with van der Waals surface area (Å²) in [5.41, 5.74) is 1.46. The van der Waals surface area contributed by atoms with Crippen molar-refractivity contribution in [2.75, 3.05) is 10.2 Å². The zero-order valence-corrected chi connectivity index (χ0v) is 17.6. The summed E-state index contributed by atoms with van der Waals surface area (Å²) in [5.74, 6) is -2.21. The number of fused-ring (bicyclic) bond motifs is 1. The van der Waals surface area contributed by atoms with Crippen LogP contribution in [0.25, 0.3) is 0 Å². The van der Waals surface area contributed by atoms with Crippen LogP contribution in [-0.2, 0) is 9.53 Å². The van der Waals surface area contributed by atoms with Crippen LogP contribution in [0, 0.1) is 0 Å². The Morgan fingerprint density at radius 1 is 0.906 bits per heavy atom. The lowest BCUT2D eigenvalue weighted by Gasteiger charge is -2.16. The van der Waals surface area contributed by atoms with E-state index >= 15 is 0 Å². The van der Waals surface area contributed by atoms with Crippen LogP contribution in [0.2, 0.25) is 5.02 Å². The van der Waals surface area contributed by atoms with Gasteiger partial charge in [0.05, 0.1) is 22.4 Å². The van der Waals surface area contributed by atoms with E-state index in [2.05, 4.69) is 5.32 Å². The first-order valence-electron chi connectivity index (χ1n) is 9.70. The van der Waals surface area contributed by atoms with Crippen molar-refractivity contribution in [2.45, 2.75) is 13.0 Å². The molecule has 3 aromatic rings. The molecule has 0 saturated heterocycles. The van der Waals surface area contributed by atoms with Gasteiger partial charge in [-0.2, -0.15) is 0 Å². The zero-order chi connectivity index (χ0) is 22.8. The van der Waals surface area contributed by atoms with Gasteiger partial charge in [-0.15, -0.1) is 0 Å². The van der Waals surface area contributed by atoms with Gasteiger partial charge in [0.1, 0.15) is 0 Å². The van der Waals surface area contributed by atoms with Crippen molar-refractivity contribution in [3.05, 3.63) is 94.5 Å². The summed E-state index contributed by atoms with van der Waals surface area (Å²) in [6, 6.07) is 19.0. The number of halogens is 1. The Labute approximate surface area is 188 Å². The van der Waals surface area contributed by atoms with E-state index in [0.29, 0.717) is 21.8 Å². The first kappa shape index (κ1) is 21.3. The molecule has 4 rings (SSSR count). The van der Waals surface area contributed by atoms with Gasteiger partial charge in [-0.1, -0.05) is 29.8 Å². The highest BCUT2D eigenvalue weighted by Gasteiger charge is 2.36. The largest absolute Gasteiger partial charge is 0.449 e. The van der Waals surface area contributed by atoms with Gasteiger partial charge in [-0.05, 0) is 61.5 Å². The van der Waals surface area contributed by atoms with Crippen molar-refractivity contribution in [3.8, 4) is 0 Å². The second kappa shape index (κ2) is 8.64. The second-order valence-electron chi connectivity index (χ2n) is 7.09. The van der Waals surface area contributed by atoms with Crippen molar-refractivity contribution < 1.29 is 23.9 Å². The van der Waals surface area contributed by atoms with Gasteiger partial charge in [0.2, 0.25) is 0 Å². The lowest BCUT2D eigenvalue weighted by atomic mass is 10.1. The van der Waals surface area contributed by atoms with Crippen LogP contribution in [0.4, 0.5) is 11.4 Å². The summed E-state index contributed by atoms with van der Waals surface area (Å²) in [6.07, 6.45) is -1.08. The summed E-state index contributed by atoms with van der Waals surface area (Å²) in [4.78, 5) is 51.3. The van der Waals surface area contributed by atoms with Crippen LogP contribution in [0.1, 0.15) is 38.0 Å². The summed E-state index contributed by atoms with van der Waals surface area (Å²) in [5, 5.41) is 3.16. The highest BCUT2D eigenvalue weighted by atomic mass is 35.5. The van der Waals surface area contributed by atoms with E-state index in [4.69, 9.17) is 16.3 Å². The molecule has 0 saturated carbocycles. The minimum atomic E-state index is -1.08. The molecule has 7 nitrogen and oxygen atoms in total. The topological polar surface area (TPSA) is 92.8 Å². The summed E-state index contributed by atoms with van der Waals surface area (Å²) in [7, 11) is 0. The Bertz CT molecular complexity index is 1200.